The largest absolute Gasteiger partial charge is 0.393 e. The van der Waals surface area contributed by atoms with Crippen LogP contribution >= 0.6 is 11.3 Å². The molecule has 100 valence electrons. The number of benzene rings is 1. The number of anilines is 1. The number of rotatable bonds is 5. The molecule has 6 heteroatoms. The molecule has 0 atom stereocenters. The Balaban J connectivity index is 2.06. The molecule has 1 aromatic heterocycles. The molecule has 0 unspecified atom stereocenters. The van der Waals surface area contributed by atoms with Gasteiger partial charge in [0.05, 0.1) is 4.92 Å². The third-order valence-electron chi connectivity index (χ3n) is 2.78. The van der Waals surface area contributed by atoms with Gasteiger partial charge in [0.1, 0.15) is 5.69 Å². The summed E-state index contributed by atoms with van der Waals surface area (Å²) in [5.41, 5.74) is 7.89. The fourth-order valence-corrected chi connectivity index (χ4v) is 2.57. The van der Waals surface area contributed by atoms with E-state index in [1.165, 1.54) is 5.56 Å². The molecule has 0 spiro atoms. The highest BCUT2D eigenvalue weighted by Gasteiger charge is 2.12. The maximum atomic E-state index is 10.8. The number of hydrogen-bond acceptors (Lipinski definition) is 5. The number of nitrogen functional groups attached to an aromatic ring is 1. The van der Waals surface area contributed by atoms with Gasteiger partial charge < -0.3 is 5.73 Å². The average Bonchev–Trinajstić information content (AvgIpc) is 2.84. The molecule has 2 rings (SSSR count). The first kappa shape index (κ1) is 13.5. The second-order valence-corrected chi connectivity index (χ2v) is 5.23. The van der Waals surface area contributed by atoms with Crippen LogP contribution in [0.2, 0.25) is 0 Å². The molecule has 0 amide bonds. The lowest BCUT2D eigenvalue weighted by molar-refractivity contribution is -0.384. The molecule has 0 bridgehead atoms. The van der Waals surface area contributed by atoms with Crippen molar-refractivity contribution in [1.29, 1.82) is 0 Å². The monoisotopic (exact) mass is 277 g/mol. The van der Waals surface area contributed by atoms with E-state index in [0.717, 1.165) is 12.1 Å². The van der Waals surface area contributed by atoms with Crippen molar-refractivity contribution in [2.24, 2.45) is 0 Å². The Labute approximate surface area is 115 Å². The molecule has 1 heterocycles. The quantitative estimate of drug-likeness (QED) is 0.518. The topological polar surface area (TPSA) is 72.4 Å². The van der Waals surface area contributed by atoms with Gasteiger partial charge in [0.2, 0.25) is 0 Å². The van der Waals surface area contributed by atoms with Gasteiger partial charge in [0, 0.05) is 19.2 Å². The highest BCUT2D eigenvalue weighted by molar-refractivity contribution is 7.07. The van der Waals surface area contributed by atoms with Crippen LogP contribution in [0.3, 0.4) is 0 Å². The molecule has 19 heavy (non-hydrogen) atoms. The van der Waals surface area contributed by atoms with E-state index in [4.69, 9.17) is 5.73 Å². The van der Waals surface area contributed by atoms with Gasteiger partial charge >= 0.3 is 0 Å². The van der Waals surface area contributed by atoms with Crippen LogP contribution in [0.25, 0.3) is 0 Å². The number of nitrogens with two attached hydrogens (primary N) is 1. The first-order valence-corrected chi connectivity index (χ1v) is 6.73. The summed E-state index contributed by atoms with van der Waals surface area (Å²) in [4.78, 5) is 12.5. The fraction of sp³-hybridized carbons (Fsp3) is 0.231. The van der Waals surface area contributed by atoms with Crippen LogP contribution in [0.15, 0.2) is 35.0 Å². The minimum Gasteiger partial charge on any atom is -0.393 e. The van der Waals surface area contributed by atoms with Crippen LogP contribution in [-0.2, 0) is 13.1 Å². The molecule has 2 N–H and O–H groups in total. The maximum absolute atomic E-state index is 10.8. The standard InChI is InChI=1S/C13H15N3O2S/c1-15(8-11-4-5-19-9-11)7-10-2-3-12(14)13(6-10)16(17)18/h2-6,9H,7-8,14H2,1H3. The molecule has 2 aromatic rings. The molecule has 1 aromatic carbocycles. The molecule has 0 fully saturated rings. The Morgan fingerprint density at radius 3 is 2.68 bits per heavy atom. The number of thiophene rings is 1. The summed E-state index contributed by atoms with van der Waals surface area (Å²) in [7, 11) is 1.99. The summed E-state index contributed by atoms with van der Waals surface area (Å²) in [6.45, 7) is 1.47. The van der Waals surface area contributed by atoms with Gasteiger partial charge in [-0.15, -0.1) is 0 Å². The van der Waals surface area contributed by atoms with Crippen molar-refractivity contribution < 1.29 is 4.92 Å². The second-order valence-electron chi connectivity index (χ2n) is 4.45. The van der Waals surface area contributed by atoms with E-state index < -0.39 is 4.92 Å². The lowest BCUT2D eigenvalue weighted by atomic mass is 10.1. The van der Waals surface area contributed by atoms with Crippen LogP contribution in [0.1, 0.15) is 11.1 Å². The SMILES string of the molecule is CN(Cc1ccsc1)Cc1ccc(N)c([N+](=O)[O-])c1. The second kappa shape index (κ2) is 5.81. The van der Waals surface area contributed by atoms with E-state index in [-0.39, 0.29) is 11.4 Å². The van der Waals surface area contributed by atoms with Crippen molar-refractivity contribution in [2.75, 3.05) is 12.8 Å². The van der Waals surface area contributed by atoms with Crippen LogP contribution in [0.5, 0.6) is 0 Å². The summed E-state index contributed by atoms with van der Waals surface area (Å²) in [5.74, 6) is 0. The number of nitro benzene ring substituents is 1. The van der Waals surface area contributed by atoms with E-state index in [0.29, 0.717) is 6.54 Å². The van der Waals surface area contributed by atoms with Crippen molar-refractivity contribution in [2.45, 2.75) is 13.1 Å². The molecule has 0 radical (unpaired) electrons. The Hall–Kier alpha value is -1.92. The number of nitro groups is 1. The maximum Gasteiger partial charge on any atom is 0.292 e. The molecule has 0 aliphatic heterocycles. The van der Waals surface area contributed by atoms with Crippen LogP contribution in [-0.4, -0.2) is 16.9 Å². The summed E-state index contributed by atoms with van der Waals surface area (Å²) >= 11 is 1.66. The Morgan fingerprint density at radius 2 is 2.05 bits per heavy atom. The average molecular weight is 277 g/mol. The molecular weight excluding hydrogens is 262 g/mol. The summed E-state index contributed by atoms with van der Waals surface area (Å²) in [6, 6.07) is 7.03. The van der Waals surface area contributed by atoms with Crippen molar-refractivity contribution in [3.05, 3.63) is 56.3 Å². The molecule has 0 saturated heterocycles. The van der Waals surface area contributed by atoms with E-state index in [1.54, 1.807) is 23.5 Å². The zero-order valence-corrected chi connectivity index (χ0v) is 11.4. The summed E-state index contributed by atoms with van der Waals surface area (Å²) < 4.78 is 0. The third-order valence-corrected chi connectivity index (χ3v) is 3.51. The highest BCUT2D eigenvalue weighted by Crippen LogP contribution is 2.23. The van der Waals surface area contributed by atoms with Gasteiger partial charge in [0.15, 0.2) is 0 Å². The molecule has 0 aliphatic carbocycles. The van der Waals surface area contributed by atoms with Crippen molar-refractivity contribution in [3.8, 4) is 0 Å². The van der Waals surface area contributed by atoms with E-state index in [1.807, 2.05) is 18.5 Å². The summed E-state index contributed by atoms with van der Waals surface area (Å²) in [5, 5.41) is 15.0. The van der Waals surface area contributed by atoms with Gasteiger partial charge in [-0.25, -0.2) is 0 Å². The molecule has 0 saturated carbocycles. The van der Waals surface area contributed by atoms with E-state index >= 15 is 0 Å². The third kappa shape index (κ3) is 3.52. The van der Waals surface area contributed by atoms with Crippen LogP contribution < -0.4 is 5.73 Å². The number of hydrogen-bond donors (Lipinski definition) is 1. The van der Waals surface area contributed by atoms with Gasteiger partial charge in [0.25, 0.3) is 5.69 Å². The molecular formula is C13H15N3O2S. The molecule has 0 aliphatic rings. The van der Waals surface area contributed by atoms with E-state index in [2.05, 4.69) is 16.3 Å². The molecule has 5 nitrogen and oxygen atoms in total. The van der Waals surface area contributed by atoms with Crippen LogP contribution in [0, 0.1) is 10.1 Å². The van der Waals surface area contributed by atoms with Crippen LogP contribution in [0.4, 0.5) is 11.4 Å². The van der Waals surface area contributed by atoms with Gasteiger partial charge in [-0.1, -0.05) is 6.07 Å². The summed E-state index contributed by atoms with van der Waals surface area (Å²) in [6.07, 6.45) is 0. The van der Waals surface area contributed by atoms with Crippen molar-refractivity contribution >= 4 is 22.7 Å². The Bertz CT molecular complexity index is 569. The first-order valence-electron chi connectivity index (χ1n) is 5.78. The van der Waals surface area contributed by atoms with Gasteiger partial charge in [-0.3, -0.25) is 15.0 Å². The van der Waals surface area contributed by atoms with Gasteiger partial charge in [-0.2, -0.15) is 11.3 Å². The zero-order valence-electron chi connectivity index (χ0n) is 10.6. The lowest BCUT2D eigenvalue weighted by Crippen LogP contribution is -2.17. The predicted molar refractivity (Wildman–Crippen MR) is 77.0 cm³/mol. The predicted octanol–water partition coefficient (Wildman–Crippen LogP) is 2.87. The minimum atomic E-state index is -0.447. The Morgan fingerprint density at radius 1 is 1.32 bits per heavy atom. The van der Waals surface area contributed by atoms with Crippen molar-refractivity contribution in [1.82, 2.24) is 4.90 Å². The van der Waals surface area contributed by atoms with Crippen molar-refractivity contribution in [3.63, 3.8) is 0 Å². The first-order chi connectivity index (χ1) is 9.06. The van der Waals surface area contributed by atoms with Gasteiger partial charge in [-0.05, 0) is 41.1 Å². The lowest BCUT2D eigenvalue weighted by Gasteiger charge is -2.16. The smallest absolute Gasteiger partial charge is 0.292 e. The van der Waals surface area contributed by atoms with E-state index in [9.17, 15) is 10.1 Å². The Kier molecular flexibility index (Phi) is 4.13. The fourth-order valence-electron chi connectivity index (χ4n) is 1.91. The zero-order chi connectivity index (χ0) is 13.8. The highest BCUT2D eigenvalue weighted by atomic mass is 32.1. The normalized spacial score (nSPS) is 10.8. The minimum absolute atomic E-state index is 0.0265. The number of nitrogens with zero attached hydrogens (tertiary/aromatic N) is 2.